The van der Waals surface area contributed by atoms with Gasteiger partial charge >= 0.3 is 0 Å². The van der Waals surface area contributed by atoms with Crippen LogP contribution >= 0.6 is 15.9 Å². The molecule has 0 unspecified atom stereocenters. The van der Waals surface area contributed by atoms with Crippen LogP contribution in [0.5, 0.6) is 0 Å². The van der Waals surface area contributed by atoms with Gasteiger partial charge in [0.25, 0.3) is 5.91 Å². The molecule has 4 heteroatoms. The number of carbonyl (C=O) groups excluding carboxylic acids is 1. The van der Waals surface area contributed by atoms with Crippen molar-refractivity contribution in [3.8, 4) is 0 Å². The minimum absolute atomic E-state index is 0.0410. The first-order valence-electron chi connectivity index (χ1n) is 5.38. The number of rotatable bonds is 3. The Morgan fingerprint density at radius 3 is 2.76 bits per heavy atom. The summed E-state index contributed by atoms with van der Waals surface area (Å²) in [6.45, 7) is 0.591. The summed E-state index contributed by atoms with van der Waals surface area (Å²) < 4.78 is 2.39. The number of hydrogen-bond donors (Lipinski definition) is 1. The molecule has 0 aliphatic rings. The molecule has 1 aromatic heterocycles. The third-order valence-corrected chi connectivity index (χ3v) is 3.22. The molecule has 3 nitrogen and oxygen atoms in total. The van der Waals surface area contributed by atoms with E-state index in [1.54, 1.807) is 16.8 Å². The largest absolute Gasteiger partial charge is 0.330 e. The number of aromatic nitrogens is 1. The first-order chi connectivity index (χ1) is 8.22. The molecule has 17 heavy (non-hydrogen) atoms. The second-order valence-corrected chi connectivity index (χ2v) is 4.61. The monoisotopic (exact) mass is 292 g/mol. The van der Waals surface area contributed by atoms with Gasteiger partial charge in [0, 0.05) is 16.9 Å². The third kappa shape index (κ3) is 2.65. The summed E-state index contributed by atoms with van der Waals surface area (Å²) in [7, 11) is 0. The van der Waals surface area contributed by atoms with Gasteiger partial charge in [-0.3, -0.25) is 9.36 Å². The first-order valence-corrected chi connectivity index (χ1v) is 6.18. The fraction of sp³-hybridized carbons (Fsp3) is 0.154. The number of nitrogens with zero attached hydrogens (tertiary/aromatic N) is 1. The van der Waals surface area contributed by atoms with Crippen molar-refractivity contribution in [2.45, 2.75) is 6.42 Å². The topological polar surface area (TPSA) is 48.0 Å². The second-order valence-electron chi connectivity index (χ2n) is 3.75. The van der Waals surface area contributed by atoms with E-state index in [0.29, 0.717) is 12.1 Å². The number of hydrogen-bond acceptors (Lipinski definition) is 2. The summed E-state index contributed by atoms with van der Waals surface area (Å²) in [6, 6.07) is 9.31. The van der Waals surface area contributed by atoms with E-state index in [0.717, 1.165) is 16.5 Å². The lowest BCUT2D eigenvalue weighted by Gasteiger charge is -2.03. The molecular formula is C13H13BrN2O. The predicted octanol–water partition coefficient (Wildman–Crippen LogP) is 2.44. The molecule has 0 spiro atoms. The summed E-state index contributed by atoms with van der Waals surface area (Å²) >= 11 is 3.38. The second kappa shape index (κ2) is 5.29. The number of halogens is 1. The minimum Gasteiger partial charge on any atom is -0.330 e. The smallest absolute Gasteiger partial charge is 0.263 e. The van der Waals surface area contributed by atoms with Gasteiger partial charge in [-0.15, -0.1) is 0 Å². The summed E-state index contributed by atoms with van der Waals surface area (Å²) in [6.07, 6.45) is 4.39. The molecule has 0 atom stereocenters. The quantitative estimate of drug-likeness (QED) is 0.945. The van der Waals surface area contributed by atoms with Crippen molar-refractivity contribution in [3.63, 3.8) is 0 Å². The van der Waals surface area contributed by atoms with Crippen LogP contribution in [0.15, 0.2) is 47.2 Å². The summed E-state index contributed by atoms with van der Waals surface area (Å²) in [5.41, 5.74) is 7.21. The molecule has 0 aliphatic heterocycles. The van der Waals surface area contributed by atoms with Crippen LogP contribution in [0, 0.1) is 0 Å². The van der Waals surface area contributed by atoms with Gasteiger partial charge in [-0.2, -0.15) is 0 Å². The Kier molecular flexibility index (Phi) is 3.76. The lowest BCUT2D eigenvalue weighted by molar-refractivity contribution is 0.0959. The zero-order chi connectivity index (χ0) is 12.3. The van der Waals surface area contributed by atoms with Crippen LogP contribution in [-0.2, 0) is 6.42 Å². The highest BCUT2D eigenvalue weighted by Gasteiger charge is 2.11. The standard InChI is InChI=1S/C13H13BrN2O/c14-12-4-2-1-3-11(12)13(17)16-8-6-10(9-16)5-7-15/h1-4,6,8-9H,5,7,15H2. The van der Waals surface area contributed by atoms with Crippen molar-refractivity contribution in [2.24, 2.45) is 5.73 Å². The van der Waals surface area contributed by atoms with Crippen molar-refractivity contribution < 1.29 is 4.79 Å². The Bertz CT molecular complexity index is 534. The lowest BCUT2D eigenvalue weighted by Crippen LogP contribution is -2.10. The Labute approximate surface area is 108 Å². The maximum atomic E-state index is 12.2. The van der Waals surface area contributed by atoms with Crippen molar-refractivity contribution in [3.05, 3.63) is 58.3 Å². The first kappa shape index (κ1) is 12.1. The van der Waals surface area contributed by atoms with E-state index in [1.807, 2.05) is 30.5 Å². The van der Waals surface area contributed by atoms with Gasteiger partial charge in [-0.05, 0) is 52.7 Å². The summed E-state index contributed by atoms with van der Waals surface area (Å²) in [5.74, 6) is -0.0410. The van der Waals surface area contributed by atoms with Crippen LogP contribution in [0.3, 0.4) is 0 Å². The van der Waals surface area contributed by atoms with Crippen LogP contribution in [0.4, 0.5) is 0 Å². The number of benzene rings is 1. The Balaban J connectivity index is 2.28. The van der Waals surface area contributed by atoms with E-state index in [9.17, 15) is 4.79 Å². The van der Waals surface area contributed by atoms with Crippen molar-refractivity contribution in [2.75, 3.05) is 6.54 Å². The van der Waals surface area contributed by atoms with E-state index < -0.39 is 0 Å². The highest BCUT2D eigenvalue weighted by Crippen LogP contribution is 2.17. The molecule has 1 aromatic carbocycles. The van der Waals surface area contributed by atoms with E-state index in [1.165, 1.54) is 0 Å². The SMILES string of the molecule is NCCc1ccn(C(=O)c2ccccc2Br)c1. The Morgan fingerprint density at radius 1 is 1.29 bits per heavy atom. The van der Waals surface area contributed by atoms with Gasteiger partial charge in [-0.25, -0.2) is 0 Å². The summed E-state index contributed by atoms with van der Waals surface area (Å²) in [5, 5.41) is 0. The molecule has 0 saturated carbocycles. The van der Waals surface area contributed by atoms with E-state index >= 15 is 0 Å². The van der Waals surface area contributed by atoms with Gasteiger partial charge in [0.1, 0.15) is 0 Å². The van der Waals surface area contributed by atoms with E-state index in [-0.39, 0.29) is 5.91 Å². The van der Waals surface area contributed by atoms with Crippen LogP contribution in [0.1, 0.15) is 15.9 Å². The Morgan fingerprint density at radius 2 is 2.06 bits per heavy atom. The molecule has 2 N–H and O–H groups in total. The number of carbonyl (C=O) groups is 1. The molecule has 0 radical (unpaired) electrons. The van der Waals surface area contributed by atoms with Gasteiger partial charge in [0.15, 0.2) is 0 Å². The molecule has 2 aromatic rings. The molecule has 2 rings (SSSR count). The molecule has 1 heterocycles. The molecule has 88 valence electrons. The summed E-state index contributed by atoms with van der Waals surface area (Å²) in [4.78, 5) is 12.2. The molecule has 0 amide bonds. The van der Waals surface area contributed by atoms with E-state index in [4.69, 9.17) is 5.73 Å². The lowest BCUT2D eigenvalue weighted by atomic mass is 10.2. The molecule has 0 fully saturated rings. The minimum atomic E-state index is -0.0410. The average molecular weight is 293 g/mol. The molecule has 0 bridgehead atoms. The van der Waals surface area contributed by atoms with Crippen molar-refractivity contribution >= 4 is 21.8 Å². The predicted molar refractivity (Wildman–Crippen MR) is 71.1 cm³/mol. The fourth-order valence-corrected chi connectivity index (χ4v) is 2.11. The van der Waals surface area contributed by atoms with Crippen LogP contribution in [0.2, 0.25) is 0 Å². The fourth-order valence-electron chi connectivity index (χ4n) is 1.66. The highest BCUT2D eigenvalue weighted by molar-refractivity contribution is 9.10. The van der Waals surface area contributed by atoms with Gasteiger partial charge in [-0.1, -0.05) is 12.1 Å². The molecular weight excluding hydrogens is 280 g/mol. The van der Waals surface area contributed by atoms with Crippen molar-refractivity contribution in [1.29, 1.82) is 0 Å². The van der Waals surface area contributed by atoms with Gasteiger partial charge < -0.3 is 5.73 Å². The maximum absolute atomic E-state index is 12.2. The normalized spacial score (nSPS) is 10.5. The van der Waals surface area contributed by atoms with Crippen LogP contribution in [-0.4, -0.2) is 17.0 Å². The average Bonchev–Trinajstić information content (AvgIpc) is 2.78. The maximum Gasteiger partial charge on any atom is 0.263 e. The van der Waals surface area contributed by atoms with Gasteiger partial charge in [0.05, 0.1) is 5.56 Å². The molecule has 0 saturated heterocycles. The molecule has 0 aliphatic carbocycles. The van der Waals surface area contributed by atoms with Crippen LogP contribution < -0.4 is 5.73 Å². The number of nitrogens with two attached hydrogens (primary N) is 1. The van der Waals surface area contributed by atoms with Gasteiger partial charge in [0.2, 0.25) is 0 Å². The zero-order valence-electron chi connectivity index (χ0n) is 9.27. The Hall–Kier alpha value is -1.39. The highest BCUT2D eigenvalue weighted by atomic mass is 79.9. The third-order valence-electron chi connectivity index (χ3n) is 2.53. The van der Waals surface area contributed by atoms with E-state index in [2.05, 4.69) is 15.9 Å². The zero-order valence-corrected chi connectivity index (χ0v) is 10.9. The van der Waals surface area contributed by atoms with Crippen molar-refractivity contribution in [1.82, 2.24) is 4.57 Å². The van der Waals surface area contributed by atoms with Crippen LogP contribution in [0.25, 0.3) is 0 Å².